The van der Waals surface area contributed by atoms with Gasteiger partial charge in [0.1, 0.15) is 6.29 Å². The predicted molar refractivity (Wildman–Crippen MR) is 136 cm³/mol. The van der Waals surface area contributed by atoms with Crippen LogP contribution in [0, 0.1) is 11.8 Å². The Hall–Kier alpha value is -2.68. The van der Waals surface area contributed by atoms with Gasteiger partial charge in [-0.2, -0.15) is 5.10 Å². The first-order valence-corrected chi connectivity index (χ1v) is 13.0. The fraction of sp³-hybridized carbons (Fsp3) is 0.467. The van der Waals surface area contributed by atoms with Gasteiger partial charge in [-0.3, -0.25) is 10.2 Å². The second-order valence-corrected chi connectivity index (χ2v) is 10.2. The van der Waals surface area contributed by atoms with E-state index in [9.17, 15) is 4.79 Å². The zero-order valence-corrected chi connectivity index (χ0v) is 19.7. The van der Waals surface area contributed by atoms with Crippen molar-refractivity contribution in [1.82, 2.24) is 5.43 Å². The molecule has 1 aliphatic heterocycles. The molecule has 1 heterocycles. The molecule has 172 valence electrons. The topological polar surface area (TPSA) is 41.5 Å². The molecule has 1 N–H and O–H groups in total. The maximum atomic E-state index is 11.1. The van der Waals surface area contributed by atoms with Crippen molar-refractivity contribution in [3.8, 4) is 0 Å². The second kappa shape index (κ2) is 10.5. The van der Waals surface area contributed by atoms with Crippen LogP contribution in [0.15, 0.2) is 59.2 Å². The largest absolute Gasteiger partial charge is 0.298 e. The average Bonchev–Trinajstić information content (AvgIpc) is 2.85. The summed E-state index contributed by atoms with van der Waals surface area (Å²) in [5, 5.41) is 4.91. The van der Waals surface area contributed by atoms with Gasteiger partial charge in [0.05, 0.1) is 11.4 Å². The van der Waals surface area contributed by atoms with Crippen LogP contribution in [-0.4, -0.2) is 12.0 Å². The van der Waals surface area contributed by atoms with Crippen LogP contribution < -0.4 is 5.43 Å². The Morgan fingerprint density at radius 2 is 1.45 bits per heavy atom. The number of nitrogens with zero attached hydrogens (tertiary/aromatic N) is 1. The standard InChI is InChI=1S/C30H36N2O/c33-21-24-14-18-26(19-15-24)30-28-11-7-2-1-6-10-27(28)29(31-32-30)25-16-12-23(13-17-25)20-22-8-4-3-5-9-22/h12-19,21-22,28,31H,1-11,20H2. The first-order valence-electron chi connectivity index (χ1n) is 13.0. The number of aldehydes is 1. The van der Waals surface area contributed by atoms with Gasteiger partial charge in [0.2, 0.25) is 0 Å². The van der Waals surface area contributed by atoms with Crippen LogP contribution in [0.5, 0.6) is 0 Å². The van der Waals surface area contributed by atoms with E-state index in [-0.39, 0.29) is 0 Å². The van der Waals surface area contributed by atoms with Crippen LogP contribution in [0.25, 0.3) is 5.70 Å². The highest BCUT2D eigenvalue weighted by Crippen LogP contribution is 2.37. The third-order valence-electron chi connectivity index (χ3n) is 7.88. The van der Waals surface area contributed by atoms with E-state index in [4.69, 9.17) is 5.10 Å². The Kier molecular flexibility index (Phi) is 7.04. The van der Waals surface area contributed by atoms with Gasteiger partial charge in [0, 0.05) is 11.5 Å². The van der Waals surface area contributed by atoms with E-state index in [0.29, 0.717) is 11.5 Å². The number of benzene rings is 2. The molecule has 5 rings (SSSR count). The quantitative estimate of drug-likeness (QED) is 0.495. The lowest BCUT2D eigenvalue weighted by Gasteiger charge is -2.31. The maximum Gasteiger partial charge on any atom is 0.150 e. The molecule has 2 saturated carbocycles. The van der Waals surface area contributed by atoms with Crippen molar-refractivity contribution >= 4 is 17.7 Å². The fourth-order valence-electron chi connectivity index (χ4n) is 6.01. The number of hydrogen-bond donors (Lipinski definition) is 1. The lowest BCUT2D eigenvalue weighted by Crippen LogP contribution is -2.29. The van der Waals surface area contributed by atoms with Crippen LogP contribution in [0.2, 0.25) is 0 Å². The van der Waals surface area contributed by atoms with Crippen LogP contribution in [-0.2, 0) is 6.42 Å². The van der Waals surface area contributed by atoms with Crippen molar-refractivity contribution in [2.24, 2.45) is 16.9 Å². The minimum absolute atomic E-state index is 0.352. The molecule has 2 fully saturated rings. The minimum atomic E-state index is 0.352. The zero-order chi connectivity index (χ0) is 22.5. The molecule has 1 atom stereocenters. The number of hydrazone groups is 1. The Bertz CT molecular complexity index is 1010. The molecule has 0 amide bonds. The summed E-state index contributed by atoms with van der Waals surface area (Å²) in [7, 11) is 0. The molecule has 2 aromatic rings. The highest BCUT2D eigenvalue weighted by atomic mass is 16.1. The summed E-state index contributed by atoms with van der Waals surface area (Å²) in [6.07, 6.45) is 16.5. The normalized spacial score (nSPS) is 21.9. The lowest BCUT2D eigenvalue weighted by molar-refractivity contribution is 0.112. The first kappa shape index (κ1) is 22.1. The van der Waals surface area contributed by atoms with Gasteiger partial charge in [-0.05, 0) is 53.9 Å². The first-order chi connectivity index (χ1) is 16.3. The smallest absolute Gasteiger partial charge is 0.150 e. The summed E-state index contributed by atoms with van der Waals surface area (Å²) in [5.41, 5.74) is 11.9. The van der Waals surface area contributed by atoms with Gasteiger partial charge in [-0.25, -0.2) is 0 Å². The van der Waals surface area contributed by atoms with E-state index in [2.05, 4.69) is 29.7 Å². The number of allylic oxidation sites excluding steroid dienone is 1. The van der Waals surface area contributed by atoms with Crippen molar-refractivity contribution in [2.75, 3.05) is 0 Å². The zero-order valence-electron chi connectivity index (χ0n) is 19.7. The van der Waals surface area contributed by atoms with Crippen LogP contribution in [0.1, 0.15) is 97.7 Å². The Morgan fingerprint density at radius 3 is 2.21 bits per heavy atom. The summed E-state index contributed by atoms with van der Waals surface area (Å²) < 4.78 is 0. The molecule has 2 aromatic carbocycles. The fourth-order valence-corrected chi connectivity index (χ4v) is 6.01. The van der Waals surface area contributed by atoms with E-state index < -0.39 is 0 Å². The number of carbonyl (C=O) groups is 1. The lowest BCUT2D eigenvalue weighted by atomic mass is 9.78. The van der Waals surface area contributed by atoms with E-state index in [1.807, 2.05) is 24.3 Å². The van der Waals surface area contributed by atoms with Crippen molar-refractivity contribution in [3.05, 3.63) is 76.4 Å². The van der Waals surface area contributed by atoms with E-state index >= 15 is 0 Å². The highest BCUT2D eigenvalue weighted by molar-refractivity contribution is 6.06. The molecule has 0 radical (unpaired) electrons. The minimum Gasteiger partial charge on any atom is -0.298 e. The summed E-state index contributed by atoms with van der Waals surface area (Å²) in [4.78, 5) is 11.1. The van der Waals surface area contributed by atoms with Crippen molar-refractivity contribution in [1.29, 1.82) is 0 Å². The van der Waals surface area contributed by atoms with Crippen LogP contribution in [0.3, 0.4) is 0 Å². The molecule has 2 aliphatic carbocycles. The number of carbonyl (C=O) groups excluding carboxylic acids is 1. The summed E-state index contributed by atoms with van der Waals surface area (Å²) in [6.45, 7) is 0. The summed E-state index contributed by atoms with van der Waals surface area (Å²) in [6, 6.07) is 17.2. The van der Waals surface area contributed by atoms with Crippen LogP contribution >= 0.6 is 0 Å². The second-order valence-electron chi connectivity index (χ2n) is 10.2. The monoisotopic (exact) mass is 440 g/mol. The number of fused-ring (bicyclic) bond motifs is 1. The van der Waals surface area contributed by atoms with Gasteiger partial charge in [-0.1, -0.05) is 99.9 Å². The van der Waals surface area contributed by atoms with Gasteiger partial charge >= 0.3 is 0 Å². The molecule has 3 nitrogen and oxygen atoms in total. The third kappa shape index (κ3) is 5.13. The van der Waals surface area contributed by atoms with Crippen molar-refractivity contribution in [3.63, 3.8) is 0 Å². The number of rotatable bonds is 5. The molecule has 1 unspecified atom stereocenters. The Balaban J connectivity index is 1.41. The Morgan fingerprint density at radius 1 is 0.788 bits per heavy atom. The van der Waals surface area contributed by atoms with E-state index in [1.165, 1.54) is 86.6 Å². The summed E-state index contributed by atoms with van der Waals surface area (Å²) >= 11 is 0. The van der Waals surface area contributed by atoms with Crippen LogP contribution in [0.4, 0.5) is 0 Å². The Labute approximate surface area is 198 Å². The maximum absolute atomic E-state index is 11.1. The van der Waals surface area contributed by atoms with Crippen molar-refractivity contribution < 1.29 is 4.79 Å². The number of nitrogens with one attached hydrogen (secondary N) is 1. The SMILES string of the molecule is O=Cc1ccc(C2=NNC(c3ccc(CC4CCCCC4)cc3)=C3CCCCCCC23)cc1. The molecule has 3 heteroatoms. The summed E-state index contributed by atoms with van der Waals surface area (Å²) in [5.74, 6) is 1.22. The molecule has 0 bridgehead atoms. The third-order valence-corrected chi connectivity index (χ3v) is 7.88. The molecule has 0 aromatic heterocycles. The average molecular weight is 441 g/mol. The molecular formula is C30H36N2O. The van der Waals surface area contributed by atoms with Gasteiger partial charge in [-0.15, -0.1) is 0 Å². The molecule has 3 aliphatic rings. The predicted octanol–water partition coefficient (Wildman–Crippen LogP) is 7.31. The highest BCUT2D eigenvalue weighted by Gasteiger charge is 2.29. The van der Waals surface area contributed by atoms with E-state index in [0.717, 1.165) is 36.3 Å². The molecule has 0 spiro atoms. The van der Waals surface area contributed by atoms with Gasteiger partial charge < -0.3 is 0 Å². The van der Waals surface area contributed by atoms with Crippen molar-refractivity contribution in [2.45, 2.75) is 77.0 Å². The molecular weight excluding hydrogens is 404 g/mol. The number of hydrogen-bond acceptors (Lipinski definition) is 3. The molecule has 0 saturated heterocycles. The van der Waals surface area contributed by atoms with Gasteiger partial charge in [0.25, 0.3) is 0 Å². The van der Waals surface area contributed by atoms with Gasteiger partial charge in [0.15, 0.2) is 0 Å². The van der Waals surface area contributed by atoms with E-state index in [1.54, 1.807) is 0 Å². The molecule has 33 heavy (non-hydrogen) atoms.